The smallest absolute Gasteiger partial charge is 0.142 e. The van der Waals surface area contributed by atoms with Crippen LogP contribution in [0.2, 0.25) is 5.02 Å². The highest BCUT2D eigenvalue weighted by Gasteiger charge is 2.09. The van der Waals surface area contributed by atoms with Gasteiger partial charge in [-0.2, -0.15) is 0 Å². The minimum Gasteiger partial charge on any atom is -0.299 e. The van der Waals surface area contributed by atoms with Crippen molar-refractivity contribution in [2.24, 2.45) is 0 Å². The fraction of sp³-hybridized carbons (Fsp3) is 0.500. The van der Waals surface area contributed by atoms with Gasteiger partial charge in [0, 0.05) is 12.8 Å². The zero-order chi connectivity index (χ0) is 12.7. The largest absolute Gasteiger partial charge is 0.299 e. The zero-order valence-corrected chi connectivity index (χ0v) is 10.9. The molecular weight excluding hydrogens is 239 g/mol. The SMILES string of the molecule is CCCCCCC(=O)Cc1cccc(F)c1Cl. The molecular formula is C14H18ClFO. The molecule has 0 aliphatic carbocycles. The van der Waals surface area contributed by atoms with Crippen LogP contribution in [0.15, 0.2) is 18.2 Å². The van der Waals surface area contributed by atoms with Crippen molar-refractivity contribution >= 4 is 17.4 Å². The average Bonchev–Trinajstić information content (AvgIpc) is 2.31. The molecule has 17 heavy (non-hydrogen) atoms. The van der Waals surface area contributed by atoms with Gasteiger partial charge in [-0.05, 0) is 18.1 Å². The first-order valence-corrected chi connectivity index (χ1v) is 6.47. The monoisotopic (exact) mass is 256 g/mol. The Morgan fingerprint density at radius 1 is 1.29 bits per heavy atom. The summed E-state index contributed by atoms with van der Waals surface area (Å²) >= 11 is 5.79. The average molecular weight is 257 g/mol. The lowest BCUT2D eigenvalue weighted by Gasteiger charge is -2.04. The molecule has 0 unspecified atom stereocenters. The van der Waals surface area contributed by atoms with E-state index in [2.05, 4.69) is 6.92 Å². The van der Waals surface area contributed by atoms with Crippen molar-refractivity contribution < 1.29 is 9.18 Å². The van der Waals surface area contributed by atoms with Gasteiger partial charge in [-0.1, -0.05) is 49.9 Å². The number of benzene rings is 1. The van der Waals surface area contributed by atoms with E-state index >= 15 is 0 Å². The van der Waals surface area contributed by atoms with E-state index in [1.165, 1.54) is 6.07 Å². The van der Waals surface area contributed by atoms with Crippen LogP contribution in [0.5, 0.6) is 0 Å². The molecule has 0 heterocycles. The second kappa shape index (κ2) is 7.44. The Labute approximate surface area is 107 Å². The van der Waals surface area contributed by atoms with Gasteiger partial charge in [0.05, 0.1) is 5.02 Å². The Bertz CT molecular complexity index is 376. The Hall–Kier alpha value is -0.890. The van der Waals surface area contributed by atoms with Gasteiger partial charge in [-0.3, -0.25) is 4.79 Å². The molecule has 0 bridgehead atoms. The fourth-order valence-corrected chi connectivity index (χ4v) is 1.93. The van der Waals surface area contributed by atoms with E-state index < -0.39 is 5.82 Å². The van der Waals surface area contributed by atoms with Crippen molar-refractivity contribution in [3.8, 4) is 0 Å². The third kappa shape index (κ3) is 4.86. The third-order valence-electron chi connectivity index (χ3n) is 2.73. The summed E-state index contributed by atoms with van der Waals surface area (Å²) in [5.41, 5.74) is 0.590. The quantitative estimate of drug-likeness (QED) is 0.654. The van der Waals surface area contributed by atoms with Gasteiger partial charge >= 0.3 is 0 Å². The molecule has 0 saturated heterocycles. The summed E-state index contributed by atoms with van der Waals surface area (Å²) in [5.74, 6) is -0.323. The number of ketones is 1. The van der Waals surface area contributed by atoms with Crippen molar-refractivity contribution in [1.29, 1.82) is 0 Å². The molecule has 0 amide bonds. The van der Waals surface area contributed by atoms with Crippen LogP contribution in [0.1, 0.15) is 44.6 Å². The standard InChI is InChI=1S/C14H18ClFO/c1-2-3-4-5-8-12(17)10-11-7-6-9-13(16)14(11)15/h6-7,9H,2-5,8,10H2,1H3. The number of hydrogen-bond donors (Lipinski definition) is 0. The lowest BCUT2D eigenvalue weighted by atomic mass is 10.0. The molecule has 3 heteroatoms. The highest BCUT2D eigenvalue weighted by atomic mass is 35.5. The van der Waals surface area contributed by atoms with Crippen molar-refractivity contribution in [3.63, 3.8) is 0 Å². The molecule has 0 aliphatic rings. The molecule has 0 spiro atoms. The Balaban J connectivity index is 2.43. The number of rotatable bonds is 7. The Morgan fingerprint density at radius 2 is 2.06 bits per heavy atom. The topological polar surface area (TPSA) is 17.1 Å². The number of carbonyl (C=O) groups is 1. The van der Waals surface area contributed by atoms with E-state index in [4.69, 9.17) is 11.6 Å². The van der Waals surface area contributed by atoms with Gasteiger partial charge in [-0.25, -0.2) is 4.39 Å². The van der Waals surface area contributed by atoms with Crippen LogP contribution in [0.3, 0.4) is 0 Å². The van der Waals surface area contributed by atoms with E-state index in [0.29, 0.717) is 12.0 Å². The van der Waals surface area contributed by atoms with Crippen LogP contribution >= 0.6 is 11.6 Å². The number of Topliss-reactive ketones (excluding diaryl/α,β-unsaturated/α-hetero) is 1. The lowest BCUT2D eigenvalue weighted by Crippen LogP contribution is -2.03. The molecule has 0 aliphatic heterocycles. The summed E-state index contributed by atoms with van der Waals surface area (Å²) in [6.45, 7) is 2.13. The number of unbranched alkanes of at least 4 members (excludes halogenated alkanes) is 3. The molecule has 0 fully saturated rings. The molecule has 1 aromatic carbocycles. The number of halogens is 2. The minimum absolute atomic E-state index is 0.0782. The van der Waals surface area contributed by atoms with Crippen LogP contribution in [0.4, 0.5) is 4.39 Å². The van der Waals surface area contributed by atoms with Gasteiger partial charge in [0.1, 0.15) is 11.6 Å². The summed E-state index contributed by atoms with van der Waals surface area (Å²) < 4.78 is 13.1. The predicted octanol–water partition coefficient (Wildman–Crippen LogP) is 4.56. The summed E-state index contributed by atoms with van der Waals surface area (Å²) in [7, 11) is 0. The van der Waals surface area contributed by atoms with Gasteiger partial charge in [0.2, 0.25) is 0 Å². The van der Waals surface area contributed by atoms with E-state index in [-0.39, 0.29) is 17.2 Å². The third-order valence-corrected chi connectivity index (χ3v) is 3.15. The van der Waals surface area contributed by atoms with Crippen molar-refractivity contribution in [2.45, 2.75) is 45.4 Å². The Morgan fingerprint density at radius 3 is 2.76 bits per heavy atom. The maximum absolute atomic E-state index is 13.1. The highest BCUT2D eigenvalue weighted by Crippen LogP contribution is 2.20. The van der Waals surface area contributed by atoms with E-state index in [0.717, 1.165) is 25.7 Å². The van der Waals surface area contributed by atoms with Gasteiger partial charge in [0.15, 0.2) is 0 Å². The highest BCUT2D eigenvalue weighted by molar-refractivity contribution is 6.31. The molecule has 94 valence electrons. The van der Waals surface area contributed by atoms with Gasteiger partial charge in [-0.15, -0.1) is 0 Å². The van der Waals surface area contributed by atoms with Gasteiger partial charge < -0.3 is 0 Å². The van der Waals surface area contributed by atoms with Crippen molar-refractivity contribution in [1.82, 2.24) is 0 Å². The fourth-order valence-electron chi connectivity index (χ4n) is 1.73. The predicted molar refractivity (Wildman–Crippen MR) is 68.9 cm³/mol. The molecule has 0 N–H and O–H groups in total. The minimum atomic E-state index is -0.456. The van der Waals surface area contributed by atoms with E-state index in [9.17, 15) is 9.18 Å². The lowest BCUT2D eigenvalue weighted by molar-refractivity contribution is -0.118. The first kappa shape index (κ1) is 14.2. The molecule has 0 saturated carbocycles. The molecule has 0 aromatic heterocycles. The molecule has 0 atom stereocenters. The van der Waals surface area contributed by atoms with E-state index in [1.807, 2.05) is 0 Å². The normalized spacial score (nSPS) is 10.5. The van der Waals surface area contributed by atoms with Gasteiger partial charge in [0.25, 0.3) is 0 Å². The van der Waals surface area contributed by atoms with Crippen LogP contribution in [0, 0.1) is 5.82 Å². The second-order valence-corrected chi connectivity index (χ2v) is 4.62. The summed E-state index contributed by atoms with van der Waals surface area (Å²) in [6, 6.07) is 4.59. The van der Waals surface area contributed by atoms with Crippen LogP contribution in [0.25, 0.3) is 0 Å². The second-order valence-electron chi connectivity index (χ2n) is 4.24. The molecule has 1 rings (SSSR count). The van der Waals surface area contributed by atoms with Crippen LogP contribution < -0.4 is 0 Å². The van der Waals surface area contributed by atoms with E-state index in [1.54, 1.807) is 12.1 Å². The summed E-state index contributed by atoms with van der Waals surface area (Å²) in [5, 5.41) is 0.0782. The summed E-state index contributed by atoms with van der Waals surface area (Å²) in [4.78, 5) is 11.7. The molecule has 0 radical (unpaired) electrons. The number of carbonyl (C=O) groups excluding carboxylic acids is 1. The first-order valence-electron chi connectivity index (χ1n) is 6.09. The van der Waals surface area contributed by atoms with Crippen LogP contribution in [-0.2, 0) is 11.2 Å². The maximum atomic E-state index is 13.1. The summed E-state index contributed by atoms with van der Waals surface area (Å²) in [6.07, 6.45) is 5.12. The molecule has 1 nitrogen and oxygen atoms in total. The first-order chi connectivity index (χ1) is 8.15. The number of hydrogen-bond acceptors (Lipinski definition) is 1. The van der Waals surface area contributed by atoms with Crippen molar-refractivity contribution in [2.75, 3.05) is 0 Å². The zero-order valence-electron chi connectivity index (χ0n) is 10.1. The van der Waals surface area contributed by atoms with Crippen LogP contribution in [-0.4, -0.2) is 5.78 Å². The Kier molecular flexibility index (Phi) is 6.20. The van der Waals surface area contributed by atoms with Crippen molar-refractivity contribution in [3.05, 3.63) is 34.6 Å². The molecule has 1 aromatic rings. The maximum Gasteiger partial charge on any atom is 0.142 e.